The van der Waals surface area contributed by atoms with Gasteiger partial charge >= 0.3 is 0 Å². The Morgan fingerprint density at radius 1 is 1.70 bits per heavy atom. The van der Waals surface area contributed by atoms with Crippen LogP contribution in [0.4, 0.5) is 0 Å². The SMILES string of the molecule is C[C@]12CCC[C@@H](C1)C(=O)N2. The Morgan fingerprint density at radius 2 is 2.50 bits per heavy atom. The molecule has 2 fully saturated rings. The summed E-state index contributed by atoms with van der Waals surface area (Å²) in [6.07, 6.45) is 4.59. The Kier molecular flexibility index (Phi) is 1.08. The predicted molar refractivity (Wildman–Crippen MR) is 38.5 cm³/mol. The van der Waals surface area contributed by atoms with Crippen LogP contribution in [0.1, 0.15) is 32.6 Å². The normalized spacial score (nSPS) is 45.3. The van der Waals surface area contributed by atoms with Crippen LogP contribution in [0.25, 0.3) is 0 Å². The van der Waals surface area contributed by atoms with Gasteiger partial charge in [-0.25, -0.2) is 0 Å². The molecule has 0 aromatic carbocycles. The zero-order chi connectivity index (χ0) is 7.19. The highest BCUT2D eigenvalue weighted by Gasteiger charge is 2.43. The van der Waals surface area contributed by atoms with E-state index in [1.807, 2.05) is 0 Å². The number of hydrogen-bond acceptors (Lipinski definition) is 1. The van der Waals surface area contributed by atoms with Crippen molar-refractivity contribution < 1.29 is 4.79 Å². The molecule has 1 N–H and O–H groups in total. The molecule has 0 unspecified atom stereocenters. The van der Waals surface area contributed by atoms with Gasteiger partial charge < -0.3 is 5.32 Å². The molecule has 0 aromatic heterocycles. The molecule has 2 atom stereocenters. The van der Waals surface area contributed by atoms with Gasteiger partial charge in [-0.05, 0) is 26.2 Å². The van der Waals surface area contributed by atoms with Crippen molar-refractivity contribution in [2.75, 3.05) is 0 Å². The van der Waals surface area contributed by atoms with Crippen molar-refractivity contribution in [2.45, 2.75) is 38.1 Å². The lowest BCUT2D eigenvalue weighted by Gasteiger charge is -2.26. The second-order valence-corrected chi connectivity index (χ2v) is 3.84. The Hall–Kier alpha value is -0.530. The van der Waals surface area contributed by atoms with Gasteiger partial charge in [-0.3, -0.25) is 4.79 Å². The van der Waals surface area contributed by atoms with E-state index in [0.29, 0.717) is 11.8 Å². The van der Waals surface area contributed by atoms with Crippen molar-refractivity contribution in [2.24, 2.45) is 5.92 Å². The second-order valence-electron chi connectivity index (χ2n) is 3.84. The first kappa shape index (κ1) is 6.20. The van der Waals surface area contributed by atoms with Gasteiger partial charge in [-0.2, -0.15) is 0 Å². The minimum absolute atomic E-state index is 0.167. The summed E-state index contributed by atoms with van der Waals surface area (Å²) >= 11 is 0. The van der Waals surface area contributed by atoms with Crippen molar-refractivity contribution in [1.29, 1.82) is 0 Å². The first-order valence-electron chi connectivity index (χ1n) is 4.02. The standard InChI is InChI=1S/C8H13NO/c1-8-4-2-3-6(5-8)7(10)9-8/h6H,2-5H2,1H3,(H,9,10)/t6-,8-/m0/s1. The molecule has 1 aliphatic carbocycles. The summed E-state index contributed by atoms with van der Waals surface area (Å²) in [6, 6.07) is 0. The highest BCUT2D eigenvalue weighted by Crippen LogP contribution is 2.37. The van der Waals surface area contributed by atoms with Crippen LogP contribution in [0.2, 0.25) is 0 Å². The number of amides is 1. The monoisotopic (exact) mass is 139 g/mol. The first-order chi connectivity index (χ1) is 4.70. The quantitative estimate of drug-likeness (QED) is 0.534. The third-order valence-corrected chi connectivity index (χ3v) is 2.77. The van der Waals surface area contributed by atoms with Crippen molar-refractivity contribution in [3.8, 4) is 0 Å². The molecule has 2 bridgehead atoms. The number of nitrogens with one attached hydrogen (secondary N) is 1. The molecule has 2 nitrogen and oxygen atoms in total. The van der Waals surface area contributed by atoms with Gasteiger partial charge in [-0.1, -0.05) is 6.42 Å². The fourth-order valence-corrected chi connectivity index (χ4v) is 2.22. The van der Waals surface area contributed by atoms with Crippen LogP contribution in [0, 0.1) is 5.92 Å². The van der Waals surface area contributed by atoms with Crippen LogP contribution in [0.3, 0.4) is 0 Å². The Morgan fingerprint density at radius 3 is 3.10 bits per heavy atom. The molecule has 10 heavy (non-hydrogen) atoms. The van der Waals surface area contributed by atoms with Crippen LogP contribution >= 0.6 is 0 Å². The van der Waals surface area contributed by atoms with Gasteiger partial charge in [0.2, 0.25) is 5.91 Å². The lowest BCUT2D eigenvalue weighted by Crippen LogP contribution is -2.37. The smallest absolute Gasteiger partial charge is 0.223 e. The van der Waals surface area contributed by atoms with Crippen molar-refractivity contribution in [3.05, 3.63) is 0 Å². The average Bonchev–Trinajstić information content (AvgIpc) is 2.03. The van der Waals surface area contributed by atoms with Crippen LogP contribution in [0.5, 0.6) is 0 Å². The van der Waals surface area contributed by atoms with Crippen LogP contribution in [0.15, 0.2) is 0 Å². The summed E-state index contributed by atoms with van der Waals surface area (Å²) < 4.78 is 0. The van der Waals surface area contributed by atoms with E-state index in [4.69, 9.17) is 0 Å². The summed E-state index contributed by atoms with van der Waals surface area (Å²) in [4.78, 5) is 11.1. The maximum Gasteiger partial charge on any atom is 0.223 e. The summed E-state index contributed by atoms with van der Waals surface area (Å²) in [6.45, 7) is 2.16. The molecule has 56 valence electrons. The summed E-state index contributed by atoms with van der Waals surface area (Å²) in [7, 11) is 0. The van der Waals surface area contributed by atoms with E-state index < -0.39 is 0 Å². The highest BCUT2D eigenvalue weighted by atomic mass is 16.2. The molecular weight excluding hydrogens is 126 g/mol. The van der Waals surface area contributed by atoms with Crippen molar-refractivity contribution in [3.63, 3.8) is 0 Å². The van der Waals surface area contributed by atoms with E-state index in [2.05, 4.69) is 12.2 Å². The number of fused-ring (bicyclic) bond motifs is 2. The Labute approximate surface area is 61.0 Å². The molecule has 2 heteroatoms. The van der Waals surface area contributed by atoms with E-state index in [1.165, 1.54) is 12.8 Å². The molecule has 1 saturated carbocycles. The lowest BCUT2D eigenvalue weighted by atomic mass is 9.81. The molecular formula is C8H13NO. The van der Waals surface area contributed by atoms with Gasteiger partial charge in [0.05, 0.1) is 0 Å². The fourth-order valence-electron chi connectivity index (χ4n) is 2.22. The summed E-state index contributed by atoms with van der Waals surface area (Å²) in [5.41, 5.74) is 0.167. The van der Waals surface area contributed by atoms with Crippen molar-refractivity contribution in [1.82, 2.24) is 5.32 Å². The summed E-state index contributed by atoms with van der Waals surface area (Å²) in [5.74, 6) is 0.638. The first-order valence-corrected chi connectivity index (χ1v) is 4.02. The van der Waals surface area contributed by atoms with E-state index >= 15 is 0 Å². The van der Waals surface area contributed by atoms with Gasteiger partial charge in [0.15, 0.2) is 0 Å². The largest absolute Gasteiger partial charge is 0.351 e. The van der Waals surface area contributed by atoms with Crippen LogP contribution in [-0.2, 0) is 4.79 Å². The second kappa shape index (κ2) is 1.74. The van der Waals surface area contributed by atoms with Gasteiger partial charge in [-0.15, -0.1) is 0 Å². The molecule has 1 aliphatic heterocycles. The Balaban J connectivity index is 2.23. The van der Waals surface area contributed by atoms with Gasteiger partial charge in [0.1, 0.15) is 0 Å². The topological polar surface area (TPSA) is 29.1 Å². The molecule has 0 radical (unpaired) electrons. The minimum Gasteiger partial charge on any atom is -0.351 e. The number of carbonyl (C=O) groups excluding carboxylic acids is 1. The molecule has 1 amide bonds. The molecule has 0 aromatic rings. The molecule has 0 spiro atoms. The number of hydrogen-bond donors (Lipinski definition) is 1. The lowest BCUT2D eigenvalue weighted by molar-refractivity contribution is -0.122. The van der Waals surface area contributed by atoms with Gasteiger partial charge in [0.25, 0.3) is 0 Å². The maximum absolute atomic E-state index is 11.1. The predicted octanol–water partition coefficient (Wildman–Crippen LogP) is 1.07. The highest BCUT2D eigenvalue weighted by molar-refractivity contribution is 5.82. The van der Waals surface area contributed by atoms with E-state index in [1.54, 1.807) is 0 Å². The van der Waals surface area contributed by atoms with E-state index in [9.17, 15) is 4.79 Å². The molecule has 1 heterocycles. The third-order valence-electron chi connectivity index (χ3n) is 2.77. The third kappa shape index (κ3) is 0.746. The molecule has 1 saturated heterocycles. The zero-order valence-electron chi connectivity index (χ0n) is 6.31. The van der Waals surface area contributed by atoms with Crippen LogP contribution in [-0.4, -0.2) is 11.4 Å². The minimum atomic E-state index is 0.167. The van der Waals surface area contributed by atoms with E-state index in [0.717, 1.165) is 12.8 Å². The zero-order valence-corrected chi connectivity index (χ0v) is 6.31. The fraction of sp³-hybridized carbons (Fsp3) is 0.875. The average molecular weight is 139 g/mol. The van der Waals surface area contributed by atoms with Crippen molar-refractivity contribution >= 4 is 5.91 Å². The number of rotatable bonds is 0. The van der Waals surface area contributed by atoms with E-state index in [-0.39, 0.29) is 5.54 Å². The number of carbonyl (C=O) groups is 1. The molecule has 2 aliphatic rings. The van der Waals surface area contributed by atoms with Gasteiger partial charge in [0, 0.05) is 11.5 Å². The van der Waals surface area contributed by atoms with Crippen LogP contribution < -0.4 is 5.32 Å². The maximum atomic E-state index is 11.1. The Bertz CT molecular complexity index is 178. The summed E-state index contributed by atoms with van der Waals surface area (Å²) in [5, 5.41) is 3.05. The molecule has 2 rings (SSSR count).